The maximum atomic E-state index is 12.6. The zero-order valence-electron chi connectivity index (χ0n) is 15.7. The highest BCUT2D eigenvalue weighted by Crippen LogP contribution is 2.30. The molecule has 8 nitrogen and oxygen atoms in total. The molecular formula is C19H24N4O4S. The van der Waals surface area contributed by atoms with Crippen molar-refractivity contribution in [2.75, 3.05) is 12.4 Å². The molecule has 0 bridgehead atoms. The van der Waals surface area contributed by atoms with E-state index >= 15 is 0 Å². The molecule has 1 aliphatic rings. The lowest BCUT2D eigenvalue weighted by molar-refractivity contribution is -0.117. The van der Waals surface area contributed by atoms with Crippen molar-refractivity contribution in [2.45, 2.75) is 36.7 Å². The highest BCUT2D eigenvalue weighted by Gasteiger charge is 2.31. The summed E-state index contributed by atoms with van der Waals surface area (Å²) >= 11 is 0. The zero-order chi connectivity index (χ0) is 20.3. The fourth-order valence-corrected chi connectivity index (χ4v) is 3.91. The number of benzene rings is 2. The van der Waals surface area contributed by atoms with E-state index in [1.54, 1.807) is 12.1 Å². The minimum absolute atomic E-state index is 0.0846. The van der Waals surface area contributed by atoms with Gasteiger partial charge >= 0.3 is 0 Å². The van der Waals surface area contributed by atoms with Crippen LogP contribution in [-0.4, -0.2) is 27.5 Å². The van der Waals surface area contributed by atoms with Crippen LogP contribution in [0.15, 0.2) is 47.4 Å². The van der Waals surface area contributed by atoms with Gasteiger partial charge in [-0.2, -0.15) is 0 Å². The number of anilines is 1. The Morgan fingerprint density at radius 3 is 2.71 bits per heavy atom. The molecule has 28 heavy (non-hydrogen) atoms. The minimum atomic E-state index is -3.93. The third kappa shape index (κ3) is 4.50. The highest BCUT2D eigenvalue weighted by molar-refractivity contribution is 7.89. The van der Waals surface area contributed by atoms with Gasteiger partial charge in [0.05, 0.1) is 7.11 Å². The molecular weight excluding hydrogens is 380 g/mol. The van der Waals surface area contributed by atoms with Crippen LogP contribution in [0, 0.1) is 0 Å². The van der Waals surface area contributed by atoms with Crippen LogP contribution in [0.5, 0.6) is 5.75 Å². The van der Waals surface area contributed by atoms with Gasteiger partial charge in [-0.25, -0.2) is 24.4 Å². The van der Waals surface area contributed by atoms with Gasteiger partial charge in [-0.15, -0.1) is 0 Å². The SMILES string of the molecule is CCc1cccc(NC(=O)C2CC(c3ccc(OC)c(S(N)(=O)=O)c3)NN2)c1. The van der Waals surface area contributed by atoms with E-state index in [4.69, 9.17) is 9.88 Å². The summed E-state index contributed by atoms with van der Waals surface area (Å²) in [5.41, 5.74) is 8.59. The van der Waals surface area contributed by atoms with Crippen LogP contribution < -0.4 is 26.0 Å². The number of carbonyl (C=O) groups excluding carboxylic acids is 1. The lowest BCUT2D eigenvalue weighted by Gasteiger charge is -2.13. The van der Waals surface area contributed by atoms with Crippen molar-refractivity contribution >= 4 is 21.6 Å². The van der Waals surface area contributed by atoms with Crippen molar-refractivity contribution in [1.82, 2.24) is 10.9 Å². The Kier molecular flexibility index (Phi) is 5.99. The molecule has 9 heteroatoms. The Balaban J connectivity index is 1.72. The molecule has 150 valence electrons. The average Bonchev–Trinajstić information content (AvgIpc) is 3.17. The molecule has 0 radical (unpaired) electrons. The molecule has 2 unspecified atom stereocenters. The summed E-state index contributed by atoms with van der Waals surface area (Å²) in [4.78, 5) is 12.5. The Morgan fingerprint density at radius 2 is 2.04 bits per heavy atom. The summed E-state index contributed by atoms with van der Waals surface area (Å²) in [6, 6.07) is 11.8. The second-order valence-corrected chi connectivity index (χ2v) is 8.16. The number of primary sulfonamides is 1. The van der Waals surface area contributed by atoms with E-state index in [9.17, 15) is 13.2 Å². The largest absolute Gasteiger partial charge is 0.495 e. The number of hydrogen-bond acceptors (Lipinski definition) is 6. The van der Waals surface area contributed by atoms with Gasteiger partial charge in [0.25, 0.3) is 0 Å². The normalized spacial score (nSPS) is 19.4. The number of rotatable bonds is 6. The number of hydrazine groups is 1. The topological polar surface area (TPSA) is 123 Å². The van der Waals surface area contributed by atoms with Crippen molar-refractivity contribution in [3.05, 3.63) is 53.6 Å². The van der Waals surface area contributed by atoms with Crippen molar-refractivity contribution in [2.24, 2.45) is 5.14 Å². The molecule has 2 aromatic rings. The van der Waals surface area contributed by atoms with Gasteiger partial charge < -0.3 is 10.1 Å². The van der Waals surface area contributed by atoms with Gasteiger partial charge in [0.2, 0.25) is 15.9 Å². The summed E-state index contributed by atoms with van der Waals surface area (Å²) < 4.78 is 28.7. The number of carbonyl (C=O) groups is 1. The molecule has 0 saturated carbocycles. The van der Waals surface area contributed by atoms with E-state index in [-0.39, 0.29) is 22.6 Å². The number of hydrogen-bond donors (Lipinski definition) is 4. The Bertz CT molecular complexity index is 978. The smallest absolute Gasteiger partial charge is 0.242 e. The minimum Gasteiger partial charge on any atom is -0.495 e. The van der Waals surface area contributed by atoms with Crippen molar-refractivity contribution in [3.63, 3.8) is 0 Å². The number of amides is 1. The number of methoxy groups -OCH3 is 1. The van der Waals surface area contributed by atoms with E-state index in [0.717, 1.165) is 17.7 Å². The van der Waals surface area contributed by atoms with Crippen LogP contribution in [-0.2, 0) is 21.2 Å². The molecule has 0 aliphatic carbocycles. The number of nitrogens with one attached hydrogen (secondary N) is 3. The van der Waals surface area contributed by atoms with Crippen LogP contribution in [0.4, 0.5) is 5.69 Å². The number of sulfonamides is 1. The quantitative estimate of drug-likeness (QED) is 0.578. The van der Waals surface area contributed by atoms with E-state index < -0.39 is 16.1 Å². The van der Waals surface area contributed by atoms with Crippen LogP contribution in [0.25, 0.3) is 0 Å². The predicted molar refractivity (Wildman–Crippen MR) is 106 cm³/mol. The Labute approximate surface area is 164 Å². The monoisotopic (exact) mass is 404 g/mol. The summed E-state index contributed by atoms with van der Waals surface area (Å²) in [5, 5.41) is 8.19. The maximum Gasteiger partial charge on any atom is 0.242 e. The lowest BCUT2D eigenvalue weighted by atomic mass is 10.0. The summed E-state index contributed by atoms with van der Waals surface area (Å²) in [6.07, 6.45) is 1.34. The number of aryl methyl sites for hydroxylation is 1. The zero-order valence-corrected chi connectivity index (χ0v) is 16.5. The predicted octanol–water partition coefficient (Wildman–Crippen LogP) is 1.45. The van der Waals surface area contributed by atoms with Gasteiger partial charge in [0.15, 0.2) is 0 Å². The molecule has 2 atom stereocenters. The Morgan fingerprint density at radius 1 is 1.25 bits per heavy atom. The second kappa shape index (κ2) is 8.27. The van der Waals surface area contributed by atoms with Crippen LogP contribution in [0.2, 0.25) is 0 Å². The number of nitrogens with two attached hydrogens (primary N) is 1. The fourth-order valence-electron chi connectivity index (χ4n) is 3.18. The first-order valence-corrected chi connectivity index (χ1v) is 10.5. The van der Waals surface area contributed by atoms with Crippen molar-refractivity contribution in [3.8, 4) is 5.75 Å². The molecule has 1 heterocycles. The molecule has 0 spiro atoms. The number of ether oxygens (including phenoxy) is 1. The first-order chi connectivity index (χ1) is 13.3. The van der Waals surface area contributed by atoms with Gasteiger partial charge in [-0.1, -0.05) is 25.1 Å². The van der Waals surface area contributed by atoms with E-state index in [2.05, 4.69) is 23.1 Å². The van der Waals surface area contributed by atoms with E-state index in [1.165, 1.54) is 13.2 Å². The van der Waals surface area contributed by atoms with Crippen LogP contribution >= 0.6 is 0 Å². The third-order valence-corrected chi connectivity index (χ3v) is 5.65. The van der Waals surface area contributed by atoms with Gasteiger partial charge in [0.1, 0.15) is 16.7 Å². The van der Waals surface area contributed by atoms with Crippen LogP contribution in [0.1, 0.15) is 30.5 Å². The molecule has 5 N–H and O–H groups in total. The van der Waals surface area contributed by atoms with Gasteiger partial charge in [-0.05, 0) is 48.2 Å². The van der Waals surface area contributed by atoms with Crippen LogP contribution in [0.3, 0.4) is 0 Å². The molecule has 1 fully saturated rings. The lowest BCUT2D eigenvalue weighted by Crippen LogP contribution is -2.39. The summed E-state index contributed by atoms with van der Waals surface area (Å²) in [7, 11) is -2.55. The standard InChI is InChI=1S/C19H24N4O4S/c1-3-12-5-4-6-14(9-12)21-19(24)16-11-15(22-23-16)13-7-8-17(27-2)18(10-13)28(20,25)26/h4-10,15-16,22-23H,3,11H2,1-2H3,(H,21,24)(H2,20,25,26). The first kappa shape index (κ1) is 20.3. The average molecular weight is 404 g/mol. The van der Waals surface area contributed by atoms with Crippen molar-refractivity contribution < 1.29 is 17.9 Å². The summed E-state index contributed by atoms with van der Waals surface area (Å²) in [6.45, 7) is 2.05. The maximum absolute atomic E-state index is 12.6. The van der Waals surface area contributed by atoms with E-state index in [1.807, 2.05) is 24.3 Å². The highest BCUT2D eigenvalue weighted by atomic mass is 32.2. The molecule has 0 aromatic heterocycles. The molecule has 1 aliphatic heterocycles. The molecule has 3 rings (SSSR count). The second-order valence-electron chi connectivity index (χ2n) is 6.63. The fraction of sp³-hybridized carbons (Fsp3) is 0.316. The summed E-state index contributed by atoms with van der Waals surface area (Å²) in [5.74, 6) is 0.0192. The van der Waals surface area contributed by atoms with Gasteiger partial charge in [0, 0.05) is 11.7 Å². The van der Waals surface area contributed by atoms with Gasteiger partial charge in [-0.3, -0.25) is 4.79 Å². The van der Waals surface area contributed by atoms with E-state index in [0.29, 0.717) is 12.0 Å². The Hall–Kier alpha value is -2.46. The first-order valence-electron chi connectivity index (χ1n) is 8.93. The van der Waals surface area contributed by atoms with Crippen molar-refractivity contribution in [1.29, 1.82) is 0 Å². The molecule has 1 saturated heterocycles. The third-order valence-electron chi connectivity index (χ3n) is 4.72. The molecule has 1 amide bonds. The molecule has 2 aromatic carbocycles.